The standard InChI is InChI=1S/C9H15NO.ClH/c1-2-8(10)9-5-3-7(11-9)4-6-9;/h2,7-8H,1,3-6,10H2;1H. The molecule has 2 N–H and O–H groups in total. The Bertz CT molecular complexity index is 175. The van der Waals surface area contributed by atoms with Crippen LogP contribution in [0.4, 0.5) is 0 Å². The lowest BCUT2D eigenvalue weighted by Crippen LogP contribution is -2.44. The summed E-state index contributed by atoms with van der Waals surface area (Å²) in [5, 5.41) is 0. The van der Waals surface area contributed by atoms with E-state index in [4.69, 9.17) is 10.5 Å². The van der Waals surface area contributed by atoms with E-state index < -0.39 is 0 Å². The first-order valence-corrected chi connectivity index (χ1v) is 4.33. The highest BCUT2D eigenvalue weighted by Gasteiger charge is 2.48. The minimum Gasteiger partial charge on any atom is -0.370 e. The molecule has 70 valence electrons. The van der Waals surface area contributed by atoms with Crippen LogP contribution in [-0.4, -0.2) is 17.7 Å². The zero-order valence-corrected chi connectivity index (χ0v) is 7.98. The van der Waals surface area contributed by atoms with Crippen LogP contribution >= 0.6 is 12.4 Å². The first kappa shape index (κ1) is 10.0. The average molecular weight is 190 g/mol. The van der Waals surface area contributed by atoms with E-state index in [9.17, 15) is 0 Å². The number of hydrogen-bond donors (Lipinski definition) is 1. The Morgan fingerprint density at radius 3 is 2.42 bits per heavy atom. The van der Waals surface area contributed by atoms with Gasteiger partial charge in [0.2, 0.25) is 0 Å². The van der Waals surface area contributed by atoms with Crippen molar-refractivity contribution in [3.63, 3.8) is 0 Å². The van der Waals surface area contributed by atoms with Gasteiger partial charge >= 0.3 is 0 Å². The fourth-order valence-corrected chi connectivity index (χ4v) is 2.27. The van der Waals surface area contributed by atoms with Crippen molar-refractivity contribution < 1.29 is 4.74 Å². The van der Waals surface area contributed by atoms with Crippen molar-refractivity contribution in [3.05, 3.63) is 12.7 Å². The van der Waals surface area contributed by atoms with Gasteiger partial charge in [0, 0.05) is 0 Å². The summed E-state index contributed by atoms with van der Waals surface area (Å²) in [5.74, 6) is 0. The van der Waals surface area contributed by atoms with E-state index in [1.807, 2.05) is 6.08 Å². The van der Waals surface area contributed by atoms with Gasteiger partial charge in [-0.3, -0.25) is 0 Å². The molecule has 1 atom stereocenters. The highest BCUT2D eigenvalue weighted by atomic mass is 35.5. The van der Waals surface area contributed by atoms with E-state index in [2.05, 4.69) is 6.58 Å². The second-order valence-electron chi connectivity index (χ2n) is 3.64. The summed E-state index contributed by atoms with van der Waals surface area (Å²) >= 11 is 0. The van der Waals surface area contributed by atoms with E-state index in [0.717, 1.165) is 12.8 Å². The van der Waals surface area contributed by atoms with Gasteiger partial charge in [-0.25, -0.2) is 0 Å². The molecule has 2 nitrogen and oxygen atoms in total. The van der Waals surface area contributed by atoms with Crippen LogP contribution < -0.4 is 5.73 Å². The van der Waals surface area contributed by atoms with Crippen molar-refractivity contribution >= 4 is 12.4 Å². The second-order valence-corrected chi connectivity index (χ2v) is 3.64. The Balaban J connectivity index is 0.000000720. The van der Waals surface area contributed by atoms with Crippen LogP contribution in [0, 0.1) is 0 Å². The van der Waals surface area contributed by atoms with Gasteiger partial charge in [0.05, 0.1) is 17.7 Å². The smallest absolute Gasteiger partial charge is 0.0873 e. The summed E-state index contributed by atoms with van der Waals surface area (Å²) in [6, 6.07) is 0.0370. The predicted octanol–water partition coefficient (Wildman–Crippen LogP) is 1.63. The van der Waals surface area contributed by atoms with Gasteiger partial charge in [0.25, 0.3) is 0 Å². The highest BCUT2D eigenvalue weighted by Crippen LogP contribution is 2.45. The van der Waals surface area contributed by atoms with Gasteiger partial charge in [-0.15, -0.1) is 19.0 Å². The van der Waals surface area contributed by atoms with Gasteiger partial charge in [-0.2, -0.15) is 0 Å². The molecule has 0 aliphatic carbocycles. The van der Waals surface area contributed by atoms with Gasteiger partial charge in [-0.1, -0.05) is 6.08 Å². The fraction of sp³-hybridized carbons (Fsp3) is 0.778. The maximum Gasteiger partial charge on any atom is 0.0873 e. The Morgan fingerprint density at radius 2 is 2.08 bits per heavy atom. The predicted molar refractivity (Wildman–Crippen MR) is 51.5 cm³/mol. The van der Waals surface area contributed by atoms with Crippen molar-refractivity contribution in [2.45, 2.75) is 43.4 Å². The van der Waals surface area contributed by atoms with Crippen LogP contribution in [0.25, 0.3) is 0 Å². The molecule has 2 saturated heterocycles. The molecule has 0 saturated carbocycles. The molecule has 12 heavy (non-hydrogen) atoms. The van der Waals surface area contributed by atoms with E-state index >= 15 is 0 Å². The molecule has 0 aromatic rings. The van der Waals surface area contributed by atoms with Crippen molar-refractivity contribution in [2.75, 3.05) is 0 Å². The minimum atomic E-state index is -0.0214. The third-order valence-corrected chi connectivity index (χ3v) is 3.04. The molecular weight excluding hydrogens is 174 g/mol. The van der Waals surface area contributed by atoms with Gasteiger partial charge in [0.15, 0.2) is 0 Å². The largest absolute Gasteiger partial charge is 0.370 e. The molecule has 0 spiro atoms. The maximum atomic E-state index is 5.91. The van der Waals surface area contributed by atoms with Crippen LogP contribution in [0.5, 0.6) is 0 Å². The van der Waals surface area contributed by atoms with Gasteiger partial charge < -0.3 is 10.5 Å². The fourth-order valence-electron chi connectivity index (χ4n) is 2.27. The molecule has 2 fully saturated rings. The molecule has 0 amide bonds. The first-order valence-electron chi connectivity index (χ1n) is 4.33. The third kappa shape index (κ3) is 1.28. The first-order chi connectivity index (χ1) is 5.27. The van der Waals surface area contributed by atoms with E-state index in [1.54, 1.807) is 0 Å². The lowest BCUT2D eigenvalue weighted by Gasteiger charge is -2.29. The van der Waals surface area contributed by atoms with Crippen LogP contribution in [-0.2, 0) is 4.74 Å². The Morgan fingerprint density at radius 1 is 1.50 bits per heavy atom. The molecule has 1 unspecified atom stereocenters. The zero-order chi connectivity index (χ0) is 7.90. The van der Waals surface area contributed by atoms with E-state index in [1.165, 1.54) is 12.8 Å². The third-order valence-electron chi connectivity index (χ3n) is 3.04. The number of fused-ring (bicyclic) bond motifs is 2. The highest BCUT2D eigenvalue weighted by molar-refractivity contribution is 5.85. The molecule has 2 aliphatic heterocycles. The van der Waals surface area contributed by atoms with Crippen molar-refractivity contribution in [1.29, 1.82) is 0 Å². The minimum absolute atomic E-state index is 0. The van der Waals surface area contributed by atoms with Crippen LogP contribution in [0.15, 0.2) is 12.7 Å². The van der Waals surface area contributed by atoms with Gasteiger partial charge in [-0.05, 0) is 25.7 Å². The Kier molecular flexibility index (Phi) is 2.81. The SMILES string of the molecule is C=CC(N)C12CCC(CC1)O2.Cl. The lowest BCUT2D eigenvalue weighted by molar-refractivity contribution is 0.00448. The van der Waals surface area contributed by atoms with Crippen molar-refractivity contribution in [3.8, 4) is 0 Å². The van der Waals surface area contributed by atoms with Crippen LogP contribution in [0.2, 0.25) is 0 Å². The second kappa shape index (κ2) is 3.36. The quantitative estimate of drug-likeness (QED) is 0.671. The Labute approximate surface area is 79.6 Å². The van der Waals surface area contributed by atoms with Crippen molar-refractivity contribution in [2.24, 2.45) is 5.73 Å². The Hall–Kier alpha value is -0.0500. The summed E-state index contributed by atoms with van der Waals surface area (Å²) in [7, 11) is 0. The zero-order valence-electron chi connectivity index (χ0n) is 7.16. The monoisotopic (exact) mass is 189 g/mol. The van der Waals surface area contributed by atoms with Crippen molar-refractivity contribution in [1.82, 2.24) is 0 Å². The molecule has 3 heteroatoms. The van der Waals surface area contributed by atoms with Crippen LogP contribution in [0.1, 0.15) is 25.7 Å². The lowest BCUT2D eigenvalue weighted by atomic mass is 9.83. The summed E-state index contributed by atoms with van der Waals surface area (Å²) in [6.45, 7) is 3.71. The normalized spacial score (nSPS) is 40.6. The molecule has 0 aromatic carbocycles. The number of halogens is 1. The molecule has 2 bridgehead atoms. The average Bonchev–Trinajstić information content (AvgIpc) is 2.62. The summed E-state index contributed by atoms with van der Waals surface area (Å²) in [4.78, 5) is 0. The van der Waals surface area contributed by atoms with E-state index in [0.29, 0.717) is 6.10 Å². The number of rotatable bonds is 2. The summed E-state index contributed by atoms with van der Waals surface area (Å²) in [6.07, 6.45) is 6.97. The number of hydrogen-bond acceptors (Lipinski definition) is 2. The van der Waals surface area contributed by atoms with E-state index in [-0.39, 0.29) is 24.0 Å². The number of ether oxygens (including phenoxy) is 1. The molecule has 2 aliphatic rings. The van der Waals surface area contributed by atoms with Crippen LogP contribution in [0.3, 0.4) is 0 Å². The van der Waals surface area contributed by atoms with Gasteiger partial charge in [0.1, 0.15) is 0 Å². The molecular formula is C9H16ClNO. The molecule has 2 rings (SSSR count). The summed E-state index contributed by atoms with van der Waals surface area (Å²) < 4.78 is 5.82. The molecule has 0 aromatic heterocycles. The topological polar surface area (TPSA) is 35.2 Å². The molecule has 0 radical (unpaired) electrons. The summed E-state index contributed by atoms with van der Waals surface area (Å²) in [5.41, 5.74) is 5.89. The number of nitrogens with two attached hydrogens (primary N) is 1. The maximum absolute atomic E-state index is 5.91. The molecule has 2 heterocycles.